The maximum atomic E-state index is 6.26. The third-order valence-corrected chi connectivity index (χ3v) is 4.41. The topological polar surface area (TPSA) is 21.3 Å². The van der Waals surface area contributed by atoms with Crippen LogP contribution in [-0.2, 0) is 6.42 Å². The number of fused-ring (bicyclic) bond motifs is 1. The molecule has 0 spiro atoms. The van der Waals surface area contributed by atoms with Crippen LogP contribution in [0.25, 0.3) is 0 Å². The van der Waals surface area contributed by atoms with Crippen LogP contribution in [0.3, 0.4) is 0 Å². The molecule has 1 aliphatic heterocycles. The summed E-state index contributed by atoms with van der Waals surface area (Å²) >= 11 is 6.26. The van der Waals surface area contributed by atoms with E-state index >= 15 is 0 Å². The van der Waals surface area contributed by atoms with Gasteiger partial charge in [0.25, 0.3) is 0 Å². The first-order chi connectivity index (χ1) is 8.78. The van der Waals surface area contributed by atoms with Crippen molar-refractivity contribution >= 4 is 11.6 Å². The van der Waals surface area contributed by atoms with E-state index in [0.29, 0.717) is 5.92 Å². The van der Waals surface area contributed by atoms with Crippen molar-refractivity contribution in [1.29, 1.82) is 0 Å². The van der Waals surface area contributed by atoms with E-state index < -0.39 is 0 Å². The Hall–Kier alpha value is -0.730. The van der Waals surface area contributed by atoms with E-state index in [2.05, 4.69) is 17.4 Å². The van der Waals surface area contributed by atoms with E-state index in [1.54, 1.807) is 0 Å². The van der Waals surface area contributed by atoms with E-state index in [4.69, 9.17) is 16.3 Å². The Balaban J connectivity index is 1.94. The summed E-state index contributed by atoms with van der Waals surface area (Å²) in [5.41, 5.74) is 2.61. The highest BCUT2D eigenvalue weighted by Gasteiger charge is 2.28. The van der Waals surface area contributed by atoms with Crippen molar-refractivity contribution < 1.29 is 4.74 Å². The van der Waals surface area contributed by atoms with Crippen LogP contribution in [0.15, 0.2) is 12.1 Å². The second-order valence-electron chi connectivity index (χ2n) is 5.42. The van der Waals surface area contributed by atoms with Crippen molar-refractivity contribution in [3.05, 3.63) is 28.3 Å². The van der Waals surface area contributed by atoms with E-state index in [1.165, 1.54) is 43.2 Å². The van der Waals surface area contributed by atoms with Gasteiger partial charge >= 0.3 is 0 Å². The fourth-order valence-corrected chi connectivity index (χ4v) is 3.48. The maximum absolute atomic E-state index is 6.26. The molecular weight excluding hydrogens is 246 g/mol. The molecule has 2 aliphatic rings. The molecule has 2 nitrogen and oxygen atoms in total. The average Bonchev–Trinajstić information content (AvgIpc) is 2.81. The van der Waals surface area contributed by atoms with Crippen LogP contribution in [0.2, 0.25) is 5.02 Å². The molecule has 0 amide bonds. The van der Waals surface area contributed by atoms with Crippen molar-refractivity contribution in [2.75, 3.05) is 7.05 Å². The molecule has 1 N–H and O–H groups in total. The Kier molecular flexibility index (Phi) is 3.49. The van der Waals surface area contributed by atoms with Gasteiger partial charge in [0.15, 0.2) is 6.23 Å². The molecule has 1 atom stereocenters. The second-order valence-corrected chi connectivity index (χ2v) is 5.85. The monoisotopic (exact) mass is 265 g/mol. The Bertz CT molecular complexity index is 440. The van der Waals surface area contributed by atoms with Gasteiger partial charge in [0, 0.05) is 17.0 Å². The minimum atomic E-state index is 0.112. The number of halogens is 1. The number of likely N-dealkylation sites (N-methyl/N-ethyl adjacent to an activating group) is 1. The van der Waals surface area contributed by atoms with Gasteiger partial charge in [0.2, 0.25) is 0 Å². The SMILES string of the molecule is CNC1Cc2cc(Cl)cc(C3CCCCC3)c2O1. The summed E-state index contributed by atoms with van der Waals surface area (Å²) in [5, 5.41) is 4.05. The van der Waals surface area contributed by atoms with E-state index in [9.17, 15) is 0 Å². The van der Waals surface area contributed by atoms with Gasteiger partial charge < -0.3 is 4.74 Å². The van der Waals surface area contributed by atoms with E-state index in [0.717, 1.165) is 17.2 Å². The normalized spacial score (nSPS) is 23.8. The van der Waals surface area contributed by atoms with Crippen LogP contribution in [0, 0.1) is 0 Å². The van der Waals surface area contributed by atoms with Crippen molar-refractivity contribution in [2.24, 2.45) is 0 Å². The van der Waals surface area contributed by atoms with Gasteiger partial charge in [-0.3, -0.25) is 5.32 Å². The first-order valence-electron chi connectivity index (χ1n) is 6.94. The minimum Gasteiger partial charge on any atom is -0.474 e. The molecule has 0 saturated heterocycles. The van der Waals surface area contributed by atoms with Gasteiger partial charge in [-0.05, 0) is 43.5 Å². The first kappa shape index (κ1) is 12.3. The van der Waals surface area contributed by atoms with E-state index in [-0.39, 0.29) is 6.23 Å². The van der Waals surface area contributed by atoms with Gasteiger partial charge in [-0.2, -0.15) is 0 Å². The van der Waals surface area contributed by atoms with Gasteiger partial charge in [-0.1, -0.05) is 30.9 Å². The highest BCUT2D eigenvalue weighted by Crippen LogP contribution is 2.43. The predicted octanol–water partition coefficient (Wildman–Crippen LogP) is 3.87. The van der Waals surface area contributed by atoms with Crippen molar-refractivity contribution in [3.63, 3.8) is 0 Å². The van der Waals surface area contributed by atoms with Crippen LogP contribution in [0.5, 0.6) is 5.75 Å². The molecule has 0 bridgehead atoms. The molecule has 1 fully saturated rings. The summed E-state index contributed by atoms with van der Waals surface area (Å²) in [6.07, 6.45) is 7.63. The fourth-order valence-electron chi connectivity index (χ4n) is 3.23. The summed E-state index contributed by atoms with van der Waals surface area (Å²) in [6.45, 7) is 0. The van der Waals surface area contributed by atoms with Crippen molar-refractivity contribution in [1.82, 2.24) is 5.32 Å². The average molecular weight is 266 g/mol. The van der Waals surface area contributed by atoms with E-state index in [1.807, 2.05) is 7.05 Å². The first-order valence-corrected chi connectivity index (χ1v) is 7.32. The number of benzene rings is 1. The molecule has 3 rings (SSSR count). The van der Waals surface area contributed by atoms with Crippen LogP contribution >= 0.6 is 11.6 Å². The fraction of sp³-hybridized carbons (Fsp3) is 0.600. The van der Waals surface area contributed by atoms with Gasteiger partial charge in [0.1, 0.15) is 5.75 Å². The molecule has 1 aromatic rings. The smallest absolute Gasteiger partial charge is 0.154 e. The molecule has 1 heterocycles. The quantitative estimate of drug-likeness (QED) is 0.877. The molecule has 1 unspecified atom stereocenters. The number of nitrogens with one attached hydrogen (secondary N) is 1. The van der Waals surface area contributed by atoms with Crippen LogP contribution in [-0.4, -0.2) is 13.3 Å². The highest BCUT2D eigenvalue weighted by molar-refractivity contribution is 6.30. The largest absolute Gasteiger partial charge is 0.474 e. The Morgan fingerprint density at radius 2 is 2.00 bits per heavy atom. The third kappa shape index (κ3) is 2.24. The second kappa shape index (κ2) is 5.10. The lowest BCUT2D eigenvalue weighted by Gasteiger charge is -2.24. The number of hydrogen-bond acceptors (Lipinski definition) is 2. The molecule has 98 valence electrons. The van der Waals surface area contributed by atoms with Crippen molar-refractivity contribution in [2.45, 2.75) is 50.7 Å². The van der Waals surface area contributed by atoms with Crippen LogP contribution in [0.1, 0.15) is 49.1 Å². The third-order valence-electron chi connectivity index (χ3n) is 4.19. The summed E-state index contributed by atoms with van der Waals surface area (Å²) in [5.74, 6) is 1.74. The summed E-state index contributed by atoms with van der Waals surface area (Å²) < 4.78 is 6.03. The zero-order valence-electron chi connectivity index (χ0n) is 10.8. The molecule has 3 heteroatoms. The van der Waals surface area contributed by atoms with Crippen LogP contribution in [0.4, 0.5) is 0 Å². The lowest BCUT2D eigenvalue weighted by molar-refractivity contribution is 0.200. The lowest BCUT2D eigenvalue weighted by Crippen LogP contribution is -2.29. The summed E-state index contributed by atoms with van der Waals surface area (Å²) in [6, 6.07) is 4.18. The minimum absolute atomic E-state index is 0.112. The molecule has 1 aromatic carbocycles. The molecular formula is C15H20ClNO. The highest BCUT2D eigenvalue weighted by atomic mass is 35.5. The van der Waals surface area contributed by atoms with Crippen molar-refractivity contribution in [3.8, 4) is 5.75 Å². The van der Waals surface area contributed by atoms with Gasteiger partial charge in [-0.25, -0.2) is 0 Å². The summed E-state index contributed by atoms with van der Waals surface area (Å²) in [7, 11) is 1.94. The molecule has 1 saturated carbocycles. The summed E-state index contributed by atoms with van der Waals surface area (Å²) in [4.78, 5) is 0. The number of ether oxygens (including phenoxy) is 1. The molecule has 18 heavy (non-hydrogen) atoms. The predicted molar refractivity (Wildman–Crippen MR) is 74.5 cm³/mol. The Labute approximate surface area is 114 Å². The lowest BCUT2D eigenvalue weighted by atomic mass is 9.83. The molecule has 0 radical (unpaired) electrons. The maximum Gasteiger partial charge on any atom is 0.154 e. The number of hydrogen-bond donors (Lipinski definition) is 1. The Morgan fingerprint density at radius 1 is 1.22 bits per heavy atom. The standard InChI is InChI=1S/C15H20ClNO/c1-17-14-8-11-7-12(16)9-13(15(11)18-14)10-5-3-2-4-6-10/h7,9-10,14,17H,2-6,8H2,1H3. The van der Waals surface area contributed by atoms with Gasteiger partial charge in [0.05, 0.1) is 0 Å². The van der Waals surface area contributed by atoms with Gasteiger partial charge in [-0.15, -0.1) is 0 Å². The number of rotatable bonds is 2. The zero-order valence-corrected chi connectivity index (χ0v) is 11.6. The molecule has 1 aliphatic carbocycles. The zero-order chi connectivity index (χ0) is 12.5. The van der Waals surface area contributed by atoms with Crippen LogP contribution < -0.4 is 10.1 Å². The Morgan fingerprint density at radius 3 is 2.72 bits per heavy atom. The molecule has 0 aromatic heterocycles.